The van der Waals surface area contributed by atoms with E-state index in [1.165, 1.54) is 9.87 Å². The quantitative estimate of drug-likeness (QED) is 0.853. The van der Waals surface area contributed by atoms with Gasteiger partial charge in [-0.05, 0) is 12.0 Å². The Morgan fingerprint density at radius 3 is 2.59 bits per heavy atom. The fourth-order valence-electron chi connectivity index (χ4n) is 2.99. The number of hydrogen-bond donors (Lipinski definition) is 1. The highest BCUT2D eigenvalue weighted by molar-refractivity contribution is 7.87. The van der Waals surface area contributed by atoms with E-state index in [0.717, 1.165) is 26.1 Å². The van der Waals surface area contributed by atoms with Gasteiger partial charge in [-0.2, -0.15) is 17.4 Å². The Balaban J connectivity index is 1.52. The molecule has 2 fully saturated rings. The summed E-state index contributed by atoms with van der Waals surface area (Å²) in [6.07, 6.45) is 0.858. The van der Waals surface area contributed by atoms with Crippen LogP contribution in [0.4, 0.5) is 0 Å². The van der Waals surface area contributed by atoms with Gasteiger partial charge in [0.1, 0.15) is 0 Å². The Hall–Kier alpha value is -0.990. The Kier molecular flexibility index (Phi) is 5.10. The van der Waals surface area contributed by atoms with Crippen LogP contribution in [0.2, 0.25) is 0 Å². The van der Waals surface area contributed by atoms with Crippen LogP contribution in [-0.2, 0) is 21.5 Å². The van der Waals surface area contributed by atoms with Crippen LogP contribution in [0, 0.1) is 0 Å². The molecule has 1 N–H and O–H groups in total. The summed E-state index contributed by atoms with van der Waals surface area (Å²) in [4.78, 5) is 2.29. The Morgan fingerprint density at radius 2 is 1.86 bits per heavy atom. The third-order valence-electron chi connectivity index (χ3n) is 4.15. The van der Waals surface area contributed by atoms with Crippen molar-refractivity contribution in [3.8, 4) is 0 Å². The summed E-state index contributed by atoms with van der Waals surface area (Å²) >= 11 is 0. The molecule has 0 spiro atoms. The Labute approximate surface area is 132 Å². The molecule has 0 radical (unpaired) electrons. The van der Waals surface area contributed by atoms with Crippen molar-refractivity contribution in [1.29, 1.82) is 0 Å². The number of likely N-dealkylation sites (tertiary alicyclic amines) is 1. The molecule has 6 nitrogen and oxygen atoms in total. The molecule has 1 aromatic carbocycles. The molecule has 0 aliphatic carbocycles. The molecular weight excluding hydrogens is 302 g/mol. The van der Waals surface area contributed by atoms with Crippen LogP contribution < -0.4 is 4.72 Å². The fraction of sp³-hybridized carbons (Fsp3) is 0.600. The molecule has 2 aliphatic rings. The molecule has 1 atom stereocenters. The van der Waals surface area contributed by atoms with Crippen LogP contribution in [0.3, 0.4) is 0 Å². The predicted molar refractivity (Wildman–Crippen MR) is 84.6 cm³/mol. The molecule has 122 valence electrons. The number of benzene rings is 1. The van der Waals surface area contributed by atoms with Crippen molar-refractivity contribution < 1.29 is 13.2 Å². The Morgan fingerprint density at radius 1 is 1.14 bits per heavy atom. The lowest BCUT2D eigenvalue weighted by Crippen LogP contribution is -2.50. The third-order valence-corrected chi connectivity index (χ3v) is 5.82. The van der Waals surface area contributed by atoms with E-state index in [2.05, 4.69) is 21.8 Å². The van der Waals surface area contributed by atoms with Crippen molar-refractivity contribution >= 4 is 10.2 Å². The van der Waals surface area contributed by atoms with Gasteiger partial charge in [0.05, 0.1) is 13.2 Å². The minimum absolute atomic E-state index is 0.00319. The van der Waals surface area contributed by atoms with Crippen LogP contribution >= 0.6 is 0 Å². The lowest BCUT2D eigenvalue weighted by Gasteiger charge is -2.27. The van der Waals surface area contributed by atoms with Crippen LogP contribution in [0.5, 0.6) is 0 Å². The minimum atomic E-state index is -3.39. The van der Waals surface area contributed by atoms with Gasteiger partial charge in [-0.25, -0.2) is 0 Å². The lowest BCUT2D eigenvalue weighted by molar-refractivity contribution is 0.0723. The summed E-state index contributed by atoms with van der Waals surface area (Å²) in [5.74, 6) is 0. The van der Waals surface area contributed by atoms with Gasteiger partial charge in [-0.3, -0.25) is 4.90 Å². The number of nitrogens with one attached hydrogen (secondary N) is 1. The van der Waals surface area contributed by atoms with Gasteiger partial charge >= 0.3 is 0 Å². The SMILES string of the molecule is O=S(=O)(N[C@@H]1CCN(Cc2ccccc2)C1)N1CCOCC1. The van der Waals surface area contributed by atoms with E-state index in [-0.39, 0.29) is 6.04 Å². The van der Waals surface area contributed by atoms with Crippen molar-refractivity contribution in [2.75, 3.05) is 39.4 Å². The van der Waals surface area contributed by atoms with Crippen molar-refractivity contribution in [1.82, 2.24) is 13.9 Å². The predicted octanol–water partition coefficient (Wildman–Crippen LogP) is 0.428. The summed E-state index contributed by atoms with van der Waals surface area (Å²) in [7, 11) is -3.39. The Bertz CT molecular complexity index is 573. The highest BCUT2D eigenvalue weighted by Gasteiger charge is 2.30. The molecule has 2 heterocycles. The fourth-order valence-corrected chi connectivity index (χ4v) is 4.38. The largest absolute Gasteiger partial charge is 0.379 e. The second-order valence-corrected chi connectivity index (χ2v) is 7.54. The van der Waals surface area contributed by atoms with Crippen molar-refractivity contribution in [3.05, 3.63) is 35.9 Å². The van der Waals surface area contributed by atoms with Crippen LogP contribution in [0.15, 0.2) is 30.3 Å². The zero-order valence-electron chi connectivity index (χ0n) is 12.6. The summed E-state index contributed by atoms with van der Waals surface area (Å²) in [5.41, 5.74) is 1.26. The molecule has 0 amide bonds. The van der Waals surface area contributed by atoms with Gasteiger partial charge < -0.3 is 4.74 Å². The molecule has 2 aliphatic heterocycles. The van der Waals surface area contributed by atoms with Gasteiger partial charge in [0.2, 0.25) is 0 Å². The lowest BCUT2D eigenvalue weighted by atomic mass is 10.2. The van der Waals surface area contributed by atoms with Gasteiger partial charge in [0.25, 0.3) is 10.2 Å². The average molecular weight is 325 g/mol. The van der Waals surface area contributed by atoms with E-state index in [1.54, 1.807) is 0 Å². The molecule has 22 heavy (non-hydrogen) atoms. The molecule has 0 aromatic heterocycles. The maximum absolute atomic E-state index is 12.3. The molecule has 0 saturated carbocycles. The van der Waals surface area contributed by atoms with Crippen LogP contribution in [-0.4, -0.2) is 63.1 Å². The summed E-state index contributed by atoms with van der Waals surface area (Å²) in [6, 6.07) is 10.3. The van der Waals surface area contributed by atoms with E-state index >= 15 is 0 Å². The molecule has 1 aromatic rings. The standard InChI is InChI=1S/C15H23N3O3S/c19-22(20,18-8-10-21-11-9-18)16-15-6-7-17(13-15)12-14-4-2-1-3-5-14/h1-5,15-16H,6-13H2/t15-/m1/s1. The number of morpholine rings is 1. The zero-order chi connectivity index (χ0) is 15.4. The second kappa shape index (κ2) is 7.06. The summed E-state index contributed by atoms with van der Waals surface area (Å²) in [5, 5.41) is 0. The number of nitrogens with zero attached hydrogens (tertiary/aromatic N) is 2. The van der Waals surface area contributed by atoms with Crippen molar-refractivity contribution in [3.63, 3.8) is 0 Å². The van der Waals surface area contributed by atoms with Gasteiger partial charge in [-0.15, -0.1) is 0 Å². The zero-order valence-corrected chi connectivity index (χ0v) is 13.5. The van der Waals surface area contributed by atoms with Gasteiger partial charge in [-0.1, -0.05) is 30.3 Å². The maximum atomic E-state index is 12.3. The number of hydrogen-bond acceptors (Lipinski definition) is 4. The molecule has 7 heteroatoms. The first-order valence-corrected chi connectivity index (χ1v) is 9.19. The van der Waals surface area contributed by atoms with Crippen molar-refractivity contribution in [2.45, 2.75) is 19.0 Å². The maximum Gasteiger partial charge on any atom is 0.279 e. The first-order chi connectivity index (χ1) is 10.6. The highest BCUT2D eigenvalue weighted by Crippen LogP contribution is 2.15. The molecule has 3 rings (SSSR count). The number of ether oxygens (including phenoxy) is 1. The first-order valence-electron chi connectivity index (χ1n) is 7.75. The smallest absolute Gasteiger partial charge is 0.279 e. The van der Waals surface area contributed by atoms with Gasteiger partial charge in [0.15, 0.2) is 0 Å². The summed E-state index contributed by atoms with van der Waals surface area (Å²) < 4.78 is 34.2. The van der Waals surface area contributed by atoms with Gasteiger partial charge in [0, 0.05) is 38.8 Å². The summed E-state index contributed by atoms with van der Waals surface area (Å²) in [6.45, 7) is 4.39. The normalized spacial score (nSPS) is 24.6. The molecular formula is C15H23N3O3S. The van der Waals surface area contributed by atoms with Crippen LogP contribution in [0.25, 0.3) is 0 Å². The van der Waals surface area contributed by atoms with E-state index < -0.39 is 10.2 Å². The first kappa shape index (κ1) is 15.9. The van der Waals surface area contributed by atoms with E-state index in [4.69, 9.17) is 4.74 Å². The average Bonchev–Trinajstić information content (AvgIpc) is 2.95. The monoisotopic (exact) mass is 325 g/mol. The van der Waals surface area contributed by atoms with E-state index in [9.17, 15) is 8.42 Å². The molecule has 0 bridgehead atoms. The third kappa shape index (κ3) is 4.05. The topological polar surface area (TPSA) is 61.9 Å². The van der Waals surface area contributed by atoms with E-state index in [0.29, 0.717) is 26.3 Å². The minimum Gasteiger partial charge on any atom is -0.379 e. The molecule has 0 unspecified atom stereocenters. The van der Waals surface area contributed by atoms with Crippen molar-refractivity contribution in [2.24, 2.45) is 0 Å². The van der Waals surface area contributed by atoms with Crippen LogP contribution in [0.1, 0.15) is 12.0 Å². The van der Waals surface area contributed by atoms with E-state index in [1.807, 2.05) is 18.2 Å². The molecule has 2 saturated heterocycles. The second-order valence-electron chi connectivity index (χ2n) is 5.84. The number of rotatable bonds is 5. The highest BCUT2D eigenvalue weighted by atomic mass is 32.2.